The van der Waals surface area contributed by atoms with E-state index in [-0.39, 0.29) is 11.6 Å². The maximum absolute atomic E-state index is 13.3. The van der Waals surface area contributed by atoms with Gasteiger partial charge in [-0.25, -0.2) is 9.37 Å². The number of hydrogen-bond donors (Lipinski definition) is 1. The van der Waals surface area contributed by atoms with E-state index in [0.29, 0.717) is 6.54 Å². The molecule has 2 aromatic heterocycles. The molecule has 0 aliphatic carbocycles. The van der Waals surface area contributed by atoms with Crippen LogP contribution in [0.5, 0.6) is 0 Å². The number of pyridine rings is 1. The molecule has 0 aliphatic rings. The second kappa shape index (κ2) is 5.39. The Kier molecular flexibility index (Phi) is 3.66. The Morgan fingerprint density at radius 3 is 3.00 bits per heavy atom. The number of rotatable bonds is 4. The maximum atomic E-state index is 13.3. The summed E-state index contributed by atoms with van der Waals surface area (Å²) in [7, 11) is 0. The number of imidazole rings is 1. The zero-order chi connectivity index (χ0) is 13.0. The Bertz CT molecular complexity index is 527. The molecule has 5 nitrogen and oxygen atoms in total. The van der Waals surface area contributed by atoms with E-state index in [1.807, 2.05) is 11.5 Å². The first-order valence-corrected chi connectivity index (χ1v) is 5.53. The summed E-state index contributed by atoms with van der Waals surface area (Å²) in [6, 6.07) is 1.23. The normalized spacial score (nSPS) is 12.1. The first-order chi connectivity index (χ1) is 8.66. The topological polar surface area (TPSA) is 59.8 Å². The zero-order valence-electron chi connectivity index (χ0n) is 9.88. The van der Waals surface area contributed by atoms with Crippen molar-refractivity contribution in [1.82, 2.24) is 19.9 Å². The van der Waals surface area contributed by atoms with Gasteiger partial charge in [0, 0.05) is 31.2 Å². The molecule has 0 spiro atoms. The van der Waals surface area contributed by atoms with E-state index in [2.05, 4.69) is 15.3 Å². The summed E-state index contributed by atoms with van der Waals surface area (Å²) in [5.41, 5.74) is 0.00230. The average molecular weight is 248 g/mol. The fraction of sp³-hybridized carbons (Fsp3) is 0.250. The van der Waals surface area contributed by atoms with Gasteiger partial charge >= 0.3 is 0 Å². The van der Waals surface area contributed by atoms with E-state index in [1.54, 1.807) is 18.7 Å². The number of carbonyl (C=O) groups excluding carboxylic acids is 1. The van der Waals surface area contributed by atoms with Gasteiger partial charge in [0.05, 0.1) is 18.1 Å². The molecule has 1 unspecified atom stereocenters. The van der Waals surface area contributed by atoms with Crippen LogP contribution in [0.25, 0.3) is 0 Å². The standard InChI is InChI=1S/C12H13FN4O/c1-9(7-17-5-4-15-8-17)16-12(18)10-2-3-14-6-11(10)13/h2-6,8-9H,7H2,1H3,(H,16,18). The third-order valence-corrected chi connectivity index (χ3v) is 2.44. The van der Waals surface area contributed by atoms with Crippen molar-refractivity contribution < 1.29 is 9.18 Å². The smallest absolute Gasteiger partial charge is 0.254 e. The highest BCUT2D eigenvalue weighted by Crippen LogP contribution is 2.04. The molecule has 0 aromatic carbocycles. The van der Waals surface area contributed by atoms with Crippen molar-refractivity contribution >= 4 is 5.91 Å². The third-order valence-electron chi connectivity index (χ3n) is 2.44. The fourth-order valence-corrected chi connectivity index (χ4v) is 1.62. The van der Waals surface area contributed by atoms with E-state index < -0.39 is 11.7 Å². The number of carbonyl (C=O) groups is 1. The molecule has 1 atom stereocenters. The van der Waals surface area contributed by atoms with Crippen molar-refractivity contribution in [1.29, 1.82) is 0 Å². The molecule has 0 bridgehead atoms. The van der Waals surface area contributed by atoms with Gasteiger partial charge in [-0.1, -0.05) is 0 Å². The number of halogens is 1. The molecule has 2 heterocycles. The van der Waals surface area contributed by atoms with Gasteiger partial charge in [0.1, 0.15) is 0 Å². The van der Waals surface area contributed by atoms with E-state index in [9.17, 15) is 9.18 Å². The summed E-state index contributed by atoms with van der Waals surface area (Å²) in [6.07, 6.45) is 7.54. The van der Waals surface area contributed by atoms with Crippen LogP contribution in [0.2, 0.25) is 0 Å². The summed E-state index contributed by atoms with van der Waals surface area (Å²) < 4.78 is 15.2. The Hall–Kier alpha value is -2.24. The molecular weight excluding hydrogens is 235 g/mol. The summed E-state index contributed by atoms with van der Waals surface area (Å²) in [5.74, 6) is -1.06. The largest absolute Gasteiger partial charge is 0.348 e. The molecule has 2 aromatic rings. The van der Waals surface area contributed by atoms with E-state index in [4.69, 9.17) is 0 Å². The molecule has 1 amide bonds. The Morgan fingerprint density at radius 2 is 2.33 bits per heavy atom. The minimum atomic E-state index is -0.621. The highest BCUT2D eigenvalue weighted by atomic mass is 19.1. The van der Waals surface area contributed by atoms with Gasteiger partial charge in [0.15, 0.2) is 5.82 Å². The van der Waals surface area contributed by atoms with Gasteiger partial charge in [-0.15, -0.1) is 0 Å². The van der Waals surface area contributed by atoms with Crippen molar-refractivity contribution in [2.75, 3.05) is 0 Å². The van der Waals surface area contributed by atoms with Crippen molar-refractivity contribution in [2.24, 2.45) is 0 Å². The number of nitrogens with one attached hydrogen (secondary N) is 1. The molecule has 0 radical (unpaired) electrons. The second-order valence-corrected chi connectivity index (χ2v) is 3.99. The number of nitrogens with zero attached hydrogens (tertiary/aromatic N) is 3. The molecule has 0 saturated carbocycles. The lowest BCUT2D eigenvalue weighted by atomic mass is 10.2. The van der Waals surface area contributed by atoms with Crippen LogP contribution >= 0.6 is 0 Å². The lowest BCUT2D eigenvalue weighted by Crippen LogP contribution is -2.35. The lowest BCUT2D eigenvalue weighted by molar-refractivity contribution is 0.0932. The fourth-order valence-electron chi connectivity index (χ4n) is 1.62. The Labute approximate surface area is 104 Å². The minimum absolute atomic E-state index is 0.00230. The van der Waals surface area contributed by atoms with Gasteiger partial charge in [-0.3, -0.25) is 9.78 Å². The first-order valence-electron chi connectivity index (χ1n) is 5.53. The van der Waals surface area contributed by atoms with Crippen molar-refractivity contribution in [3.05, 3.63) is 48.6 Å². The van der Waals surface area contributed by atoms with Crippen LogP contribution in [-0.2, 0) is 6.54 Å². The highest BCUT2D eigenvalue weighted by molar-refractivity contribution is 5.94. The van der Waals surface area contributed by atoms with Crippen LogP contribution in [-0.4, -0.2) is 26.5 Å². The SMILES string of the molecule is CC(Cn1ccnc1)NC(=O)c1ccncc1F. The molecule has 2 rings (SSSR count). The van der Waals surface area contributed by atoms with Crippen LogP contribution < -0.4 is 5.32 Å². The van der Waals surface area contributed by atoms with Gasteiger partial charge in [-0.2, -0.15) is 0 Å². The van der Waals surface area contributed by atoms with Crippen LogP contribution in [0.1, 0.15) is 17.3 Å². The van der Waals surface area contributed by atoms with Crippen LogP contribution in [0.15, 0.2) is 37.2 Å². The predicted octanol–water partition coefficient (Wildman–Crippen LogP) is 1.24. The maximum Gasteiger partial charge on any atom is 0.254 e. The first kappa shape index (κ1) is 12.2. The van der Waals surface area contributed by atoms with Gasteiger partial charge in [0.2, 0.25) is 0 Å². The Morgan fingerprint density at radius 1 is 1.50 bits per heavy atom. The Balaban J connectivity index is 1.97. The van der Waals surface area contributed by atoms with Crippen LogP contribution in [0, 0.1) is 5.82 Å². The summed E-state index contributed by atoms with van der Waals surface area (Å²) in [6.45, 7) is 2.43. The van der Waals surface area contributed by atoms with Crippen molar-refractivity contribution in [2.45, 2.75) is 19.5 Å². The molecule has 1 N–H and O–H groups in total. The van der Waals surface area contributed by atoms with Crippen LogP contribution in [0.4, 0.5) is 4.39 Å². The number of aromatic nitrogens is 3. The highest BCUT2D eigenvalue weighted by Gasteiger charge is 2.13. The molecule has 18 heavy (non-hydrogen) atoms. The number of hydrogen-bond acceptors (Lipinski definition) is 3. The van der Waals surface area contributed by atoms with Gasteiger partial charge in [-0.05, 0) is 13.0 Å². The molecule has 0 saturated heterocycles. The third kappa shape index (κ3) is 2.91. The van der Waals surface area contributed by atoms with E-state index in [1.165, 1.54) is 12.3 Å². The van der Waals surface area contributed by atoms with E-state index >= 15 is 0 Å². The average Bonchev–Trinajstić information content (AvgIpc) is 2.82. The monoisotopic (exact) mass is 248 g/mol. The van der Waals surface area contributed by atoms with Crippen molar-refractivity contribution in [3.63, 3.8) is 0 Å². The summed E-state index contributed by atoms with van der Waals surface area (Å²) >= 11 is 0. The number of amides is 1. The minimum Gasteiger partial charge on any atom is -0.348 e. The summed E-state index contributed by atoms with van der Waals surface area (Å²) in [5, 5.41) is 2.72. The van der Waals surface area contributed by atoms with Crippen molar-refractivity contribution in [3.8, 4) is 0 Å². The zero-order valence-corrected chi connectivity index (χ0v) is 9.88. The molecule has 0 fully saturated rings. The second-order valence-electron chi connectivity index (χ2n) is 3.99. The molecule has 6 heteroatoms. The van der Waals surface area contributed by atoms with Gasteiger partial charge in [0.25, 0.3) is 5.91 Å². The quantitative estimate of drug-likeness (QED) is 0.885. The molecule has 94 valence electrons. The molecule has 0 aliphatic heterocycles. The van der Waals surface area contributed by atoms with Gasteiger partial charge < -0.3 is 9.88 Å². The van der Waals surface area contributed by atoms with E-state index in [0.717, 1.165) is 6.20 Å². The summed E-state index contributed by atoms with van der Waals surface area (Å²) in [4.78, 5) is 19.3. The predicted molar refractivity (Wildman–Crippen MR) is 63.4 cm³/mol. The van der Waals surface area contributed by atoms with Crippen LogP contribution in [0.3, 0.4) is 0 Å². The molecular formula is C12H13FN4O. The lowest BCUT2D eigenvalue weighted by Gasteiger charge is -2.14.